The first-order valence-electron chi connectivity index (χ1n) is 5.47. The van der Waals surface area contributed by atoms with E-state index in [1.165, 1.54) is 4.90 Å². The van der Waals surface area contributed by atoms with E-state index in [1.807, 2.05) is 18.2 Å². The summed E-state index contributed by atoms with van der Waals surface area (Å²) in [5, 5.41) is 1.23. The van der Waals surface area contributed by atoms with Crippen LogP contribution in [0.1, 0.15) is 26.2 Å². The van der Waals surface area contributed by atoms with Gasteiger partial charge in [0.05, 0.1) is 10.0 Å². The van der Waals surface area contributed by atoms with Gasteiger partial charge < -0.3 is 5.73 Å². The van der Waals surface area contributed by atoms with E-state index >= 15 is 0 Å². The van der Waals surface area contributed by atoms with Crippen molar-refractivity contribution in [2.45, 2.75) is 37.1 Å². The van der Waals surface area contributed by atoms with Crippen LogP contribution in [0.25, 0.3) is 0 Å². The van der Waals surface area contributed by atoms with Crippen LogP contribution >= 0.6 is 35.0 Å². The molecule has 90 valence electrons. The fourth-order valence-corrected chi connectivity index (χ4v) is 2.58. The Morgan fingerprint density at radius 2 is 2.06 bits per heavy atom. The number of hydrogen-bond acceptors (Lipinski definition) is 2. The van der Waals surface area contributed by atoms with Crippen molar-refractivity contribution in [3.8, 4) is 0 Å². The molecule has 0 aromatic heterocycles. The first kappa shape index (κ1) is 14.2. The molecular weight excluding hydrogens is 261 g/mol. The van der Waals surface area contributed by atoms with Crippen LogP contribution in [0.2, 0.25) is 10.0 Å². The first-order chi connectivity index (χ1) is 7.63. The van der Waals surface area contributed by atoms with Gasteiger partial charge in [-0.15, -0.1) is 11.8 Å². The Morgan fingerprint density at radius 1 is 1.31 bits per heavy atom. The van der Waals surface area contributed by atoms with E-state index in [9.17, 15) is 0 Å². The van der Waals surface area contributed by atoms with Gasteiger partial charge in [0.2, 0.25) is 0 Å². The molecule has 0 aliphatic rings. The third-order valence-corrected chi connectivity index (χ3v) is 4.22. The molecule has 0 radical (unpaired) electrons. The summed E-state index contributed by atoms with van der Waals surface area (Å²) < 4.78 is 0. The molecular formula is C12H17Cl2NS. The molecule has 0 bridgehead atoms. The van der Waals surface area contributed by atoms with Crippen molar-refractivity contribution in [1.82, 2.24) is 0 Å². The Kier molecular flexibility index (Phi) is 6.59. The van der Waals surface area contributed by atoms with Crippen molar-refractivity contribution >= 4 is 35.0 Å². The Labute approximate surface area is 112 Å². The highest BCUT2D eigenvalue weighted by atomic mass is 35.5. The molecule has 0 spiro atoms. The average Bonchev–Trinajstić information content (AvgIpc) is 2.28. The predicted octanol–water partition coefficient (Wildman–Crippen LogP) is 4.60. The summed E-state index contributed by atoms with van der Waals surface area (Å²) in [6.45, 7) is 2.12. The lowest BCUT2D eigenvalue weighted by atomic mass is 10.1. The zero-order chi connectivity index (χ0) is 12.0. The third-order valence-electron chi connectivity index (χ3n) is 2.40. The molecule has 4 heteroatoms. The quantitative estimate of drug-likeness (QED) is 0.607. The lowest BCUT2D eigenvalue weighted by molar-refractivity contribution is 0.589. The minimum atomic E-state index is 0.342. The monoisotopic (exact) mass is 277 g/mol. The lowest BCUT2D eigenvalue weighted by Gasteiger charge is -2.08. The van der Waals surface area contributed by atoms with Crippen LogP contribution in [0.5, 0.6) is 0 Å². The molecule has 0 saturated carbocycles. The van der Waals surface area contributed by atoms with Gasteiger partial charge in [0, 0.05) is 10.9 Å². The number of rotatable bonds is 6. The van der Waals surface area contributed by atoms with Crippen LogP contribution in [-0.2, 0) is 0 Å². The van der Waals surface area contributed by atoms with Crippen LogP contribution in [0.15, 0.2) is 23.1 Å². The normalized spacial score (nSPS) is 12.8. The van der Waals surface area contributed by atoms with E-state index in [1.54, 1.807) is 11.8 Å². The second-order valence-electron chi connectivity index (χ2n) is 3.73. The van der Waals surface area contributed by atoms with Crippen LogP contribution < -0.4 is 5.73 Å². The number of thioether (sulfide) groups is 1. The molecule has 16 heavy (non-hydrogen) atoms. The maximum Gasteiger partial charge on any atom is 0.0603 e. The highest BCUT2D eigenvalue weighted by Gasteiger charge is 2.01. The van der Waals surface area contributed by atoms with Crippen molar-refractivity contribution in [1.29, 1.82) is 0 Å². The molecule has 1 atom stereocenters. The summed E-state index contributed by atoms with van der Waals surface area (Å²) in [7, 11) is 0. The number of nitrogens with two attached hydrogens (primary N) is 1. The van der Waals surface area contributed by atoms with E-state index < -0.39 is 0 Å². The topological polar surface area (TPSA) is 26.0 Å². The minimum absolute atomic E-state index is 0.342. The molecule has 1 rings (SSSR count). The van der Waals surface area contributed by atoms with Gasteiger partial charge in [-0.1, -0.05) is 30.1 Å². The molecule has 1 aromatic rings. The SMILES string of the molecule is CCC(N)CCCSc1ccc(Cl)c(Cl)c1. The number of hydrogen-bond donors (Lipinski definition) is 1. The standard InChI is InChI=1S/C12H17Cl2NS/c1-2-9(15)4-3-7-16-10-5-6-11(13)12(14)8-10/h5-6,8-9H,2-4,7,15H2,1H3. The molecule has 0 fully saturated rings. The lowest BCUT2D eigenvalue weighted by Crippen LogP contribution is -2.18. The highest BCUT2D eigenvalue weighted by molar-refractivity contribution is 7.99. The largest absolute Gasteiger partial charge is 0.328 e. The van der Waals surface area contributed by atoms with Crippen molar-refractivity contribution in [3.63, 3.8) is 0 Å². The third kappa shape index (κ3) is 4.96. The fourth-order valence-electron chi connectivity index (χ4n) is 1.31. The Hall–Kier alpha value is 0.110. The molecule has 0 amide bonds. The molecule has 0 heterocycles. The minimum Gasteiger partial charge on any atom is -0.328 e. The van der Waals surface area contributed by atoms with E-state index in [-0.39, 0.29) is 0 Å². The van der Waals surface area contributed by atoms with Crippen LogP contribution in [-0.4, -0.2) is 11.8 Å². The van der Waals surface area contributed by atoms with Crippen molar-refractivity contribution < 1.29 is 0 Å². The molecule has 0 aliphatic heterocycles. The summed E-state index contributed by atoms with van der Waals surface area (Å²) in [6, 6.07) is 6.09. The number of benzene rings is 1. The van der Waals surface area contributed by atoms with Gasteiger partial charge in [-0.3, -0.25) is 0 Å². The van der Waals surface area contributed by atoms with E-state index in [0.29, 0.717) is 16.1 Å². The Bertz CT molecular complexity index is 331. The maximum absolute atomic E-state index is 5.93. The summed E-state index contributed by atoms with van der Waals surface area (Å²) in [6.07, 6.45) is 3.28. The van der Waals surface area contributed by atoms with E-state index in [4.69, 9.17) is 28.9 Å². The summed E-state index contributed by atoms with van der Waals surface area (Å²) in [5.41, 5.74) is 5.85. The second kappa shape index (κ2) is 7.44. The summed E-state index contributed by atoms with van der Waals surface area (Å²) >= 11 is 13.6. The Balaban J connectivity index is 2.29. The molecule has 0 aliphatic carbocycles. The van der Waals surface area contributed by atoms with E-state index in [2.05, 4.69) is 6.92 Å². The fraction of sp³-hybridized carbons (Fsp3) is 0.500. The van der Waals surface area contributed by atoms with Gasteiger partial charge in [0.15, 0.2) is 0 Å². The smallest absolute Gasteiger partial charge is 0.0603 e. The Morgan fingerprint density at radius 3 is 2.69 bits per heavy atom. The molecule has 1 aromatic carbocycles. The summed E-state index contributed by atoms with van der Waals surface area (Å²) in [4.78, 5) is 1.17. The van der Waals surface area contributed by atoms with Crippen LogP contribution in [0.4, 0.5) is 0 Å². The molecule has 1 nitrogen and oxygen atoms in total. The zero-order valence-corrected chi connectivity index (χ0v) is 11.7. The van der Waals surface area contributed by atoms with Crippen LogP contribution in [0.3, 0.4) is 0 Å². The van der Waals surface area contributed by atoms with Gasteiger partial charge in [-0.2, -0.15) is 0 Å². The second-order valence-corrected chi connectivity index (χ2v) is 5.72. The number of halogens is 2. The van der Waals surface area contributed by atoms with Crippen molar-refractivity contribution in [2.75, 3.05) is 5.75 Å². The molecule has 1 unspecified atom stereocenters. The predicted molar refractivity (Wildman–Crippen MR) is 74.7 cm³/mol. The first-order valence-corrected chi connectivity index (χ1v) is 7.21. The molecule has 0 saturated heterocycles. The highest BCUT2D eigenvalue weighted by Crippen LogP contribution is 2.28. The van der Waals surface area contributed by atoms with Crippen molar-refractivity contribution in [3.05, 3.63) is 28.2 Å². The molecule has 2 N–H and O–H groups in total. The summed E-state index contributed by atoms with van der Waals surface area (Å²) in [5.74, 6) is 1.08. The zero-order valence-electron chi connectivity index (χ0n) is 9.38. The van der Waals surface area contributed by atoms with Gasteiger partial charge in [-0.25, -0.2) is 0 Å². The maximum atomic E-state index is 5.93. The van der Waals surface area contributed by atoms with Gasteiger partial charge >= 0.3 is 0 Å². The average molecular weight is 278 g/mol. The van der Waals surface area contributed by atoms with E-state index in [0.717, 1.165) is 25.0 Å². The van der Waals surface area contributed by atoms with Gasteiger partial charge in [0.1, 0.15) is 0 Å². The van der Waals surface area contributed by atoms with Gasteiger partial charge in [0.25, 0.3) is 0 Å². The van der Waals surface area contributed by atoms with Crippen molar-refractivity contribution in [2.24, 2.45) is 5.73 Å². The van der Waals surface area contributed by atoms with Gasteiger partial charge in [-0.05, 0) is 43.2 Å². The van der Waals surface area contributed by atoms with Crippen LogP contribution in [0, 0.1) is 0 Å².